The van der Waals surface area contributed by atoms with E-state index in [9.17, 15) is 8.42 Å². The number of halogens is 1. The van der Waals surface area contributed by atoms with Crippen molar-refractivity contribution in [2.75, 3.05) is 0 Å². The fourth-order valence-corrected chi connectivity index (χ4v) is 2.50. The normalized spacial score (nSPS) is 11.9. The molecule has 0 aliphatic heterocycles. The molecule has 7 heteroatoms. The summed E-state index contributed by atoms with van der Waals surface area (Å²) in [5.41, 5.74) is 0.487. The lowest BCUT2D eigenvalue weighted by Gasteiger charge is -1.90. The summed E-state index contributed by atoms with van der Waals surface area (Å²) in [5.74, 6) is 0. The maximum absolute atomic E-state index is 10.7. The predicted octanol–water partition coefficient (Wildman–Crippen LogP) is 0.752. The van der Waals surface area contributed by atoms with Crippen molar-refractivity contribution in [1.29, 1.82) is 0 Å². The van der Waals surface area contributed by atoms with Gasteiger partial charge in [-0.3, -0.25) is 0 Å². The zero-order valence-corrected chi connectivity index (χ0v) is 7.92. The van der Waals surface area contributed by atoms with E-state index in [-0.39, 0.29) is 9.23 Å². The quantitative estimate of drug-likeness (QED) is 0.747. The smallest absolute Gasteiger partial charge is 0.224 e. The van der Waals surface area contributed by atoms with Crippen molar-refractivity contribution in [2.45, 2.75) is 11.1 Å². The van der Waals surface area contributed by atoms with Crippen LogP contribution in [0.2, 0.25) is 5.02 Å². The molecular weight excluding hydrogens is 208 g/mol. The Morgan fingerprint density at radius 2 is 2.18 bits per heavy atom. The topological polar surface area (TPSA) is 73.0 Å². The van der Waals surface area contributed by atoms with Gasteiger partial charge in [0.25, 0.3) is 10.0 Å². The standard InChI is InChI=1S/C4H5ClN2O2S2/c1-2-3(5)4(10-7-2)11(6,8)9/h1H3,(H2,6,8,9). The highest BCUT2D eigenvalue weighted by Crippen LogP contribution is 2.26. The Morgan fingerprint density at radius 3 is 2.36 bits per heavy atom. The van der Waals surface area contributed by atoms with Crippen LogP contribution in [0, 0.1) is 6.92 Å². The summed E-state index contributed by atoms with van der Waals surface area (Å²) in [6.45, 7) is 1.62. The van der Waals surface area contributed by atoms with Gasteiger partial charge < -0.3 is 0 Å². The molecule has 11 heavy (non-hydrogen) atoms. The molecule has 0 fully saturated rings. The second kappa shape index (κ2) is 2.71. The Hall–Kier alpha value is -0.170. The zero-order chi connectivity index (χ0) is 8.65. The monoisotopic (exact) mass is 212 g/mol. The molecule has 0 saturated heterocycles. The summed E-state index contributed by atoms with van der Waals surface area (Å²) < 4.78 is 25.1. The van der Waals surface area contributed by atoms with Crippen molar-refractivity contribution in [3.05, 3.63) is 10.7 Å². The van der Waals surface area contributed by atoms with E-state index in [1.807, 2.05) is 0 Å². The van der Waals surface area contributed by atoms with Crippen LogP contribution in [-0.4, -0.2) is 12.8 Å². The number of hydrogen-bond acceptors (Lipinski definition) is 4. The van der Waals surface area contributed by atoms with Crippen molar-refractivity contribution < 1.29 is 8.42 Å². The van der Waals surface area contributed by atoms with Crippen LogP contribution in [0.15, 0.2) is 4.21 Å². The average Bonchev–Trinajstić information content (AvgIpc) is 2.11. The molecule has 1 rings (SSSR count). The second-order valence-corrected chi connectivity index (χ2v) is 4.82. The molecule has 0 saturated carbocycles. The number of sulfonamides is 1. The molecule has 0 unspecified atom stereocenters. The Balaban J connectivity index is 3.38. The molecule has 4 nitrogen and oxygen atoms in total. The number of nitrogens with two attached hydrogens (primary N) is 1. The van der Waals surface area contributed by atoms with Gasteiger partial charge in [0.2, 0.25) is 0 Å². The third kappa shape index (κ3) is 1.70. The molecule has 2 N–H and O–H groups in total. The van der Waals surface area contributed by atoms with Crippen molar-refractivity contribution >= 4 is 33.2 Å². The summed E-state index contributed by atoms with van der Waals surface area (Å²) in [5, 5.41) is 4.95. The SMILES string of the molecule is Cc1nsc(S(N)(=O)=O)c1Cl. The van der Waals surface area contributed by atoms with E-state index in [0.29, 0.717) is 5.69 Å². The number of aryl methyl sites for hydroxylation is 1. The van der Waals surface area contributed by atoms with E-state index in [1.54, 1.807) is 6.92 Å². The largest absolute Gasteiger partial charge is 0.250 e. The molecule has 1 aromatic heterocycles. The fraction of sp³-hybridized carbons (Fsp3) is 0.250. The highest BCUT2D eigenvalue weighted by molar-refractivity contribution is 7.91. The first-order valence-electron chi connectivity index (χ1n) is 2.57. The lowest BCUT2D eigenvalue weighted by Crippen LogP contribution is -2.10. The van der Waals surface area contributed by atoms with Crippen LogP contribution >= 0.6 is 23.1 Å². The van der Waals surface area contributed by atoms with Gasteiger partial charge in [0.05, 0.1) is 10.7 Å². The summed E-state index contributed by atoms with van der Waals surface area (Å²) in [4.78, 5) is 0. The molecular formula is C4H5ClN2O2S2. The van der Waals surface area contributed by atoms with E-state index in [4.69, 9.17) is 16.7 Å². The number of hydrogen-bond donors (Lipinski definition) is 1. The van der Waals surface area contributed by atoms with Crippen LogP contribution in [-0.2, 0) is 10.0 Å². The summed E-state index contributed by atoms with van der Waals surface area (Å²) in [6.07, 6.45) is 0. The Labute approximate surface area is 73.2 Å². The van der Waals surface area contributed by atoms with E-state index in [2.05, 4.69) is 4.37 Å². The van der Waals surface area contributed by atoms with Gasteiger partial charge in [0.15, 0.2) is 4.21 Å². The van der Waals surface area contributed by atoms with Crippen molar-refractivity contribution in [3.63, 3.8) is 0 Å². The molecule has 0 amide bonds. The Morgan fingerprint density at radius 1 is 1.64 bits per heavy atom. The molecule has 0 bridgehead atoms. The first-order chi connectivity index (χ1) is 4.93. The molecule has 1 aromatic rings. The van der Waals surface area contributed by atoms with E-state index < -0.39 is 10.0 Å². The minimum Gasteiger partial charge on any atom is -0.224 e. The van der Waals surface area contributed by atoms with Gasteiger partial charge >= 0.3 is 0 Å². The summed E-state index contributed by atoms with van der Waals surface area (Å²) in [7, 11) is -3.69. The van der Waals surface area contributed by atoms with Crippen molar-refractivity contribution in [2.24, 2.45) is 5.14 Å². The van der Waals surface area contributed by atoms with Gasteiger partial charge in [-0.1, -0.05) is 11.6 Å². The third-order valence-electron chi connectivity index (χ3n) is 1.02. The van der Waals surface area contributed by atoms with Gasteiger partial charge in [0, 0.05) is 0 Å². The van der Waals surface area contributed by atoms with E-state index in [1.165, 1.54) is 0 Å². The molecule has 0 spiro atoms. The van der Waals surface area contributed by atoms with Gasteiger partial charge in [-0.25, -0.2) is 13.6 Å². The number of nitrogens with zero attached hydrogens (tertiary/aromatic N) is 1. The average molecular weight is 213 g/mol. The van der Waals surface area contributed by atoms with Crippen molar-refractivity contribution in [3.8, 4) is 0 Å². The molecule has 0 atom stereocenters. The van der Waals surface area contributed by atoms with Crippen molar-refractivity contribution in [1.82, 2.24) is 4.37 Å². The van der Waals surface area contributed by atoms with Crippen LogP contribution < -0.4 is 5.14 Å². The van der Waals surface area contributed by atoms with Gasteiger partial charge in [0.1, 0.15) is 0 Å². The van der Waals surface area contributed by atoms with Gasteiger partial charge in [-0.2, -0.15) is 4.37 Å². The summed E-state index contributed by atoms with van der Waals surface area (Å²) in [6, 6.07) is 0. The minimum absolute atomic E-state index is 0.0725. The Bertz CT molecular complexity index is 369. The zero-order valence-electron chi connectivity index (χ0n) is 5.54. The lowest BCUT2D eigenvalue weighted by molar-refractivity contribution is 0.600. The molecule has 0 aliphatic carbocycles. The number of aromatic nitrogens is 1. The molecule has 0 aromatic carbocycles. The van der Waals surface area contributed by atoms with Gasteiger partial charge in [-0.15, -0.1) is 0 Å². The molecule has 0 radical (unpaired) electrons. The van der Waals surface area contributed by atoms with E-state index >= 15 is 0 Å². The third-order valence-corrected chi connectivity index (χ3v) is 4.08. The first kappa shape index (κ1) is 8.92. The molecule has 1 heterocycles. The minimum atomic E-state index is -3.69. The number of primary sulfonamides is 1. The maximum atomic E-state index is 10.7. The lowest BCUT2D eigenvalue weighted by atomic mass is 10.5. The second-order valence-electron chi connectivity index (χ2n) is 1.91. The first-order valence-corrected chi connectivity index (χ1v) is 5.27. The van der Waals surface area contributed by atoms with Crippen LogP contribution in [0.3, 0.4) is 0 Å². The predicted molar refractivity (Wildman–Crippen MR) is 43.2 cm³/mol. The van der Waals surface area contributed by atoms with E-state index in [0.717, 1.165) is 11.5 Å². The maximum Gasteiger partial charge on any atom is 0.250 e. The Kier molecular flexibility index (Phi) is 2.19. The highest BCUT2D eigenvalue weighted by atomic mass is 35.5. The van der Waals surface area contributed by atoms with Gasteiger partial charge in [-0.05, 0) is 18.5 Å². The molecule has 62 valence electrons. The summed E-state index contributed by atoms with van der Waals surface area (Å²) >= 11 is 6.37. The van der Waals surface area contributed by atoms with Crippen LogP contribution in [0.4, 0.5) is 0 Å². The highest BCUT2D eigenvalue weighted by Gasteiger charge is 2.17. The fourth-order valence-electron chi connectivity index (χ4n) is 0.515. The number of rotatable bonds is 1. The van der Waals surface area contributed by atoms with Crippen LogP contribution in [0.1, 0.15) is 5.69 Å². The van der Waals surface area contributed by atoms with Crippen LogP contribution in [0.5, 0.6) is 0 Å². The van der Waals surface area contributed by atoms with Crippen LogP contribution in [0.25, 0.3) is 0 Å². The molecule has 0 aliphatic rings.